The van der Waals surface area contributed by atoms with Crippen LogP contribution in [0.5, 0.6) is 0 Å². The smallest absolute Gasteiger partial charge is 0.334 e. The van der Waals surface area contributed by atoms with E-state index in [-0.39, 0.29) is 41.7 Å². The number of halogens is 3. The SMILES string of the molecule is NS(=O)(=O)N1CCC2(CC1)C[C@H]2c1noc(-c2cc(-n3ccnc3)ncc2C(F)(F)F)n1. The van der Waals surface area contributed by atoms with E-state index in [1.807, 2.05) is 0 Å². The second-order valence-electron chi connectivity index (χ2n) is 8.08. The standard InChI is InChI=1S/C18H18F3N7O3S/c19-18(20,21)13-9-24-14(27-6-3-23-10-27)7-11(13)16-25-15(26-31-16)12-8-17(12)1-4-28(5-2-17)32(22,29)30/h3,6-7,9-10,12H,1-2,4-5,8H2,(H2,22,29,30)/t12-/m0/s1. The first kappa shape index (κ1) is 21.0. The van der Waals surface area contributed by atoms with E-state index >= 15 is 0 Å². The van der Waals surface area contributed by atoms with Crippen LogP contribution >= 0.6 is 0 Å². The average Bonchev–Trinajstić information content (AvgIpc) is 3.14. The zero-order chi connectivity index (χ0) is 22.7. The third-order valence-electron chi connectivity index (χ3n) is 6.22. The lowest BCUT2D eigenvalue weighted by Crippen LogP contribution is -2.43. The van der Waals surface area contributed by atoms with E-state index in [0.29, 0.717) is 25.1 Å². The molecule has 0 amide bonds. The van der Waals surface area contributed by atoms with Crippen molar-refractivity contribution in [3.63, 3.8) is 0 Å². The highest BCUT2D eigenvalue weighted by Gasteiger charge is 2.58. The molecule has 0 unspecified atom stereocenters. The monoisotopic (exact) mass is 469 g/mol. The van der Waals surface area contributed by atoms with Crippen LogP contribution in [-0.4, -0.2) is 50.5 Å². The van der Waals surface area contributed by atoms with Gasteiger partial charge >= 0.3 is 6.18 Å². The van der Waals surface area contributed by atoms with Gasteiger partial charge in [0, 0.05) is 37.6 Å². The van der Waals surface area contributed by atoms with Gasteiger partial charge in [0.15, 0.2) is 5.82 Å². The zero-order valence-corrected chi connectivity index (χ0v) is 17.3. The van der Waals surface area contributed by atoms with Crippen LogP contribution in [0.1, 0.15) is 36.6 Å². The van der Waals surface area contributed by atoms with Crippen molar-refractivity contribution in [1.29, 1.82) is 0 Å². The number of alkyl halides is 3. The number of rotatable bonds is 4. The Balaban J connectivity index is 1.42. The third kappa shape index (κ3) is 3.67. The number of hydrogen-bond donors (Lipinski definition) is 1. The zero-order valence-electron chi connectivity index (χ0n) is 16.5. The van der Waals surface area contributed by atoms with Crippen LogP contribution in [-0.2, 0) is 16.4 Å². The highest BCUT2D eigenvalue weighted by Crippen LogP contribution is 2.64. The minimum Gasteiger partial charge on any atom is -0.334 e. The summed E-state index contributed by atoms with van der Waals surface area (Å²) in [7, 11) is -3.74. The number of piperidine rings is 1. The molecule has 2 aliphatic rings. The predicted molar refractivity (Wildman–Crippen MR) is 103 cm³/mol. The van der Waals surface area contributed by atoms with Crippen LogP contribution in [0.15, 0.2) is 35.5 Å². The first-order valence-corrected chi connectivity index (χ1v) is 11.2. The molecule has 2 fully saturated rings. The van der Waals surface area contributed by atoms with Crippen LogP contribution in [0.3, 0.4) is 0 Å². The lowest BCUT2D eigenvalue weighted by molar-refractivity contribution is -0.137. The lowest BCUT2D eigenvalue weighted by Gasteiger charge is -2.30. The lowest BCUT2D eigenvalue weighted by atomic mass is 9.92. The van der Waals surface area contributed by atoms with Crippen molar-refractivity contribution in [2.24, 2.45) is 10.6 Å². The summed E-state index contributed by atoms with van der Waals surface area (Å²) >= 11 is 0. The van der Waals surface area contributed by atoms with Gasteiger partial charge in [-0.15, -0.1) is 0 Å². The molecule has 14 heteroatoms. The number of pyridine rings is 1. The van der Waals surface area contributed by atoms with Crippen LogP contribution in [0.4, 0.5) is 13.2 Å². The van der Waals surface area contributed by atoms with Crippen molar-refractivity contribution in [3.05, 3.63) is 42.4 Å². The number of nitrogens with zero attached hydrogens (tertiary/aromatic N) is 6. The average molecular weight is 469 g/mol. The maximum Gasteiger partial charge on any atom is 0.418 e. The maximum atomic E-state index is 13.6. The van der Waals surface area contributed by atoms with E-state index in [0.717, 1.165) is 6.20 Å². The van der Waals surface area contributed by atoms with Gasteiger partial charge in [-0.2, -0.15) is 30.9 Å². The molecule has 32 heavy (non-hydrogen) atoms. The number of hydrogen-bond acceptors (Lipinski definition) is 7. The van der Waals surface area contributed by atoms with Gasteiger partial charge in [0.05, 0.1) is 11.1 Å². The Labute approximate surface area is 180 Å². The van der Waals surface area contributed by atoms with E-state index in [1.165, 1.54) is 27.5 Å². The fraction of sp³-hybridized carbons (Fsp3) is 0.444. The Morgan fingerprint density at radius 1 is 1.25 bits per heavy atom. The number of aromatic nitrogens is 5. The summed E-state index contributed by atoms with van der Waals surface area (Å²) in [4.78, 5) is 12.0. The molecule has 1 aliphatic heterocycles. The van der Waals surface area contributed by atoms with Crippen molar-refractivity contribution in [1.82, 2.24) is 29.0 Å². The Morgan fingerprint density at radius 3 is 2.62 bits per heavy atom. The van der Waals surface area contributed by atoms with Gasteiger partial charge in [-0.1, -0.05) is 5.16 Å². The van der Waals surface area contributed by atoms with Gasteiger partial charge in [0.2, 0.25) is 0 Å². The summed E-state index contributed by atoms with van der Waals surface area (Å²) in [6.07, 6.45) is 2.39. The molecule has 5 rings (SSSR count). The van der Waals surface area contributed by atoms with Gasteiger partial charge in [-0.3, -0.25) is 4.57 Å². The van der Waals surface area contributed by atoms with Gasteiger partial charge < -0.3 is 4.52 Å². The molecule has 10 nitrogen and oxygen atoms in total. The summed E-state index contributed by atoms with van der Waals surface area (Å²) in [6.45, 7) is 0.577. The van der Waals surface area contributed by atoms with Gasteiger partial charge in [0.25, 0.3) is 16.1 Å². The predicted octanol–water partition coefficient (Wildman–Crippen LogP) is 2.11. The molecule has 1 saturated carbocycles. The largest absolute Gasteiger partial charge is 0.418 e. The van der Waals surface area contributed by atoms with E-state index in [2.05, 4.69) is 20.1 Å². The van der Waals surface area contributed by atoms with Gasteiger partial charge in [0.1, 0.15) is 12.1 Å². The molecule has 1 spiro atoms. The van der Waals surface area contributed by atoms with E-state index < -0.39 is 21.9 Å². The summed E-state index contributed by atoms with van der Waals surface area (Å²) < 4.78 is 71.7. The molecular formula is C18H18F3N7O3S. The Morgan fingerprint density at radius 2 is 2.00 bits per heavy atom. The van der Waals surface area contributed by atoms with E-state index in [1.54, 1.807) is 6.20 Å². The number of nitrogens with two attached hydrogens (primary N) is 1. The second kappa shape index (κ2) is 7.08. The summed E-state index contributed by atoms with van der Waals surface area (Å²) in [5.74, 6) is 0.189. The fourth-order valence-electron chi connectivity index (χ4n) is 4.32. The molecule has 4 heterocycles. The van der Waals surface area contributed by atoms with Crippen molar-refractivity contribution < 1.29 is 26.1 Å². The van der Waals surface area contributed by atoms with Crippen molar-refractivity contribution >= 4 is 10.2 Å². The highest BCUT2D eigenvalue weighted by atomic mass is 32.2. The second-order valence-corrected chi connectivity index (χ2v) is 9.62. The van der Waals surface area contributed by atoms with E-state index in [9.17, 15) is 21.6 Å². The Hall–Kier alpha value is -2.84. The van der Waals surface area contributed by atoms with E-state index in [4.69, 9.17) is 9.66 Å². The molecule has 2 N–H and O–H groups in total. The third-order valence-corrected chi connectivity index (χ3v) is 7.30. The molecule has 170 valence electrons. The molecule has 1 atom stereocenters. The number of imidazole rings is 1. The fourth-order valence-corrected chi connectivity index (χ4v) is 5.01. The molecule has 1 saturated heterocycles. The minimum absolute atomic E-state index is 0.105. The van der Waals surface area contributed by atoms with Crippen molar-refractivity contribution in [3.8, 4) is 17.3 Å². The Bertz CT molecular complexity index is 1250. The first-order valence-electron chi connectivity index (χ1n) is 9.74. The van der Waals surface area contributed by atoms with Crippen LogP contribution in [0.25, 0.3) is 17.3 Å². The molecular weight excluding hydrogens is 451 g/mol. The molecule has 1 aliphatic carbocycles. The topological polar surface area (TPSA) is 133 Å². The van der Waals surface area contributed by atoms with Crippen molar-refractivity contribution in [2.75, 3.05) is 13.1 Å². The minimum atomic E-state index is -4.66. The van der Waals surface area contributed by atoms with Gasteiger partial charge in [-0.25, -0.2) is 15.1 Å². The molecule has 3 aromatic heterocycles. The van der Waals surface area contributed by atoms with Crippen LogP contribution in [0, 0.1) is 5.41 Å². The maximum absolute atomic E-state index is 13.6. The summed E-state index contributed by atoms with van der Waals surface area (Å²) in [5, 5.41) is 9.12. The van der Waals surface area contributed by atoms with Crippen LogP contribution < -0.4 is 5.14 Å². The highest BCUT2D eigenvalue weighted by molar-refractivity contribution is 7.86. The summed E-state index contributed by atoms with van der Waals surface area (Å²) in [5.41, 5.74) is -1.44. The van der Waals surface area contributed by atoms with Crippen LogP contribution in [0.2, 0.25) is 0 Å². The summed E-state index contributed by atoms with van der Waals surface area (Å²) in [6, 6.07) is 1.23. The first-order chi connectivity index (χ1) is 15.1. The molecule has 3 aromatic rings. The molecule has 0 aromatic carbocycles. The normalized spacial score (nSPS) is 21.2. The molecule has 0 bridgehead atoms. The quantitative estimate of drug-likeness (QED) is 0.619. The molecule has 0 radical (unpaired) electrons. The van der Waals surface area contributed by atoms with Gasteiger partial charge in [-0.05, 0) is 30.7 Å². The van der Waals surface area contributed by atoms with Crippen molar-refractivity contribution in [2.45, 2.75) is 31.4 Å². The Kier molecular flexibility index (Phi) is 4.65.